The van der Waals surface area contributed by atoms with Crippen molar-refractivity contribution in [1.29, 1.82) is 0 Å². The maximum Gasteiger partial charge on any atom is 0.309 e. The van der Waals surface area contributed by atoms with Gasteiger partial charge in [-0.1, -0.05) is 30.7 Å². The molecule has 1 amide bonds. The molecule has 0 unspecified atom stereocenters. The maximum absolute atomic E-state index is 12.7. The number of ether oxygens (including phenoxy) is 1. The summed E-state index contributed by atoms with van der Waals surface area (Å²) in [5.74, 6) is 0.210. The minimum atomic E-state index is -0.373. The number of hydrogen-bond donors (Lipinski definition) is 0. The maximum atomic E-state index is 12.7. The SMILES string of the molecule is C[C@@H]1C[C@H]1C(=O)OCC(=O)N1N=C(c2ccc(Cl)cc2)C[C@@H]1c1ccco1. The molecule has 2 heterocycles. The van der Waals surface area contributed by atoms with Gasteiger partial charge in [0.05, 0.1) is 17.9 Å². The van der Waals surface area contributed by atoms with Crippen molar-refractivity contribution in [3.8, 4) is 0 Å². The molecule has 140 valence electrons. The number of nitrogens with zero attached hydrogens (tertiary/aromatic N) is 2. The highest BCUT2D eigenvalue weighted by atomic mass is 35.5. The molecule has 27 heavy (non-hydrogen) atoms. The molecule has 4 rings (SSSR count). The van der Waals surface area contributed by atoms with E-state index in [-0.39, 0.29) is 30.4 Å². The van der Waals surface area contributed by atoms with Crippen LogP contribution in [0.1, 0.15) is 37.1 Å². The van der Waals surface area contributed by atoms with Gasteiger partial charge >= 0.3 is 5.97 Å². The quantitative estimate of drug-likeness (QED) is 0.732. The summed E-state index contributed by atoms with van der Waals surface area (Å²) in [6.45, 7) is 1.67. The minimum absolute atomic E-state index is 0.0784. The van der Waals surface area contributed by atoms with E-state index in [1.54, 1.807) is 24.5 Å². The Bertz CT molecular complexity index is 876. The summed E-state index contributed by atoms with van der Waals surface area (Å²) in [6.07, 6.45) is 2.89. The van der Waals surface area contributed by atoms with Crippen molar-refractivity contribution < 1.29 is 18.7 Å². The van der Waals surface area contributed by atoms with Crippen LogP contribution in [0.5, 0.6) is 0 Å². The standard InChI is InChI=1S/C20H19ClN2O4/c1-12-9-15(12)20(25)27-11-19(24)23-17(18-3-2-8-26-18)10-16(22-23)13-4-6-14(21)7-5-13/h2-8,12,15,17H,9-11H2,1H3/t12-,15-,17-/m1/s1. The van der Waals surface area contributed by atoms with Crippen molar-refractivity contribution in [2.75, 3.05) is 6.61 Å². The lowest BCUT2D eigenvalue weighted by atomic mass is 10.0. The monoisotopic (exact) mass is 386 g/mol. The summed E-state index contributed by atoms with van der Waals surface area (Å²) >= 11 is 5.95. The number of halogens is 1. The van der Waals surface area contributed by atoms with Gasteiger partial charge in [-0.3, -0.25) is 9.59 Å². The predicted molar refractivity (Wildman–Crippen MR) is 99.1 cm³/mol. The zero-order chi connectivity index (χ0) is 19.0. The number of carbonyl (C=O) groups excluding carboxylic acids is 2. The number of amides is 1. The third-order valence-electron chi connectivity index (χ3n) is 4.97. The number of hydrogen-bond acceptors (Lipinski definition) is 5. The molecule has 1 aromatic carbocycles. The molecule has 0 radical (unpaired) electrons. The zero-order valence-corrected chi connectivity index (χ0v) is 15.6. The average Bonchev–Trinajstić information content (AvgIpc) is 3.08. The second kappa shape index (κ2) is 7.19. The van der Waals surface area contributed by atoms with Crippen molar-refractivity contribution in [1.82, 2.24) is 5.01 Å². The summed E-state index contributed by atoms with van der Waals surface area (Å²) in [5.41, 5.74) is 1.64. The first-order chi connectivity index (χ1) is 13.0. The van der Waals surface area contributed by atoms with E-state index >= 15 is 0 Å². The molecule has 3 atom stereocenters. The molecule has 1 saturated carbocycles. The fourth-order valence-corrected chi connectivity index (χ4v) is 3.34. The molecule has 7 heteroatoms. The molecule has 1 fully saturated rings. The Morgan fingerprint density at radius 3 is 2.67 bits per heavy atom. The summed E-state index contributed by atoms with van der Waals surface area (Å²) in [6, 6.07) is 10.5. The first kappa shape index (κ1) is 17.8. The van der Waals surface area contributed by atoms with E-state index in [9.17, 15) is 9.59 Å². The van der Waals surface area contributed by atoms with E-state index in [1.807, 2.05) is 25.1 Å². The van der Waals surface area contributed by atoms with Crippen LogP contribution >= 0.6 is 11.6 Å². The Kier molecular flexibility index (Phi) is 4.74. The summed E-state index contributed by atoms with van der Waals surface area (Å²) in [7, 11) is 0. The van der Waals surface area contributed by atoms with Crippen LogP contribution < -0.4 is 0 Å². The van der Waals surface area contributed by atoms with Crippen LogP contribution in [0, 0.1) is 11.8 Å². The van der Waals surface area contributed by atoms with Gasteiger partial charge in [0, 0.05) is 11.4 Å². The highest BCUT2D eigenvalue weighted by Gasteiger charge is 2.41. The smallest absolute Gasteiger partial charge is 0.309 e. The van der Waals surface area contributed by atoms with Gasteiger partial charge in [0.2, 0.25) is 0 Å². The predicted octanol–water partition coefficient (Wildman–Crippen LogP) is 3.81. The van der Waals surface area contributed by atoms with Crippen LogP contribution in [0.3, 0.4) is 0 Å². The molecule has 6 nitrogen and oxygen atoms in total. The average molecular weight is 387 g/mol. The third kappa shape index (κ3) is 3.76. The Hall–Kier alpha value is -2.60. The summed E-state index contributed by atoms with van der Waals surface area (Å²) < 4.78 is 10.7. The van der Waals surface area contributed by atoms with Crippen LogP contribution in [0.25, 0.3) is 0 Å². The fraction of sp³-hybridized carbons (Fsp3) is 0.350. The molecular formula is C20H19ClN2O4. The van der Waals surface area contributed by atoms with Gasteiger partial charge < -0.3 is 9.15 Å². The van der Waals surface area contributed by atoms with Crippen LogP contribution in [0.4, 0.5) is 0 Å². The molecule has 0 bridgehead atoms. The summed E-state index contributed by atoms with van der Waals surface area (Å²) in [4.78, 5) is 24.6. The van der Waals surface area contributed by atoms with Crippen LogP contribution in [0.15, 0.2) is 52.2 Å². The molecule has 0 N–H and O–H groups in total. The Morgan fingerprint density at radius 2 is 2.04 bits per heavy atom. The van der Waals surface area contributed by atoms with E-state index in [0.29, 0.717) is 23.1 Å². The minimum Gasteiger partial charge on any atom is -0.467 e. The van der Waals surface area contributed by atoms with E-state index in [1.165, 1.54) is 5.01 Å². The van der Waals surface area contributed by atoms with Crippen molar-refractivity contribution in [2.45, 2.75) is 25.8 Å². The normalized spacial score (nSPS) is 23.9. The molecule has 0 spiro atoms. The Labute approximate surface area is 161 Å². The highest BCUT2D eigenvalue weighted by Crippen LogP contribution is 2.39. The largest absolute Gasteiger partial charge is 0.467 e. The first-order valence-corrected chi connectivity index (χ1v) is 9.26. The second-order valence-corrected chi connectivity index (χ2v) is 7.39. The van der Waals surface area contributed by atoms with E-state index < -0.39 is 0 Å². The zero-order valence-electron chi connectivity index (χ0n) is 14.8. The van der Waals surface area contributed by atoms with Gasteiger partial charge in [-0.2, -0.15) is 5.10 Å². The van der Waals surface area contributed by atoms with Gasteiger partial charge in [0.25, 0.3) is 5.91 Å². The first-order valence-electron chi connectivity index (χ1n) is 8.88. The highest BCUT2D eigenvalue weighted by molar-refractivity contribution is 6.30. The van der Waals surface area contributed by atoms with Gasteiger partial charge in [0.15, 0.2) is 6.61 Å². The van der Waals surface area contributed by atoms with Crippen molar-refractivity contribution in [3.63, 3.8) is 0 Å². The molecule has 1 aliphatic carbocycles. The Morgan fingerprint density at radius 1 is 1.30 bits per heavy atom. The van der Waals surface area contributed by atoms with Crippen LogP contribution in [-0.4, -0.2) is 29.2 Å². The number of furan rings is 1. The number of rotatable bonds is 5. The fourth-order valence-electron chi connectivity index (χ4n) is 3.22. The number of carbonyl (C=O) groups is 2. The summed E-state index contributed by atoms with van der Waals surface area (Å²) in [5, 5.41) is 6.47. The molecule has 1 aromatic heterocycles. The van der Waals surface area contributed by atoms with Crippen molar-refractivity contribution >= 4 is 29.2 Å². The molecular weight excluding hydrogens is 368 g/mol. The van der Waals surface area contributed by atoms with Gasteiger partial charge in [-0.25, -0.2) is 5.01 Å². The second-order valence-electron chi connectivity index (χ2n) is 6.95. The number of benzene rings is 1. The molecule has 1 aliphatic heterocycles. The van der Waals surface area contributed by atoms with Crippen LogP contribution in [0.2, 0.25) is 5.02 Å². The van der Waals surface area contributed by atoms with Gasteiger partial charge in [-0.05, 0) is 42.2 Å². The van der Waals surface area contributed by atoms with Crippen molar-refractivity contribution in [2.24, 2.45) is 16.9 Å². The van der Waals surface area contributed by atoms with E-state index in [2.05, 4.69) is 5.10 Å². The van der Waals surface area contributed by atoms with E-state index in [4.69, 9.17) is 20.8 Å². The third-order valence-corrected chi connectivity index (χ3v) is 5.22. The number of hydrazone groups is 1. The molecule has 2 aromatic rings. The molecule has 2 aliphatic rings. The topological polar surface area (TPSA) is 72.1 Å². The lowest BCUT2D eigenvalue weighted by molar-refractivity contribution is -0.154. The van der Waals surface area contributed by atoms with E-state index in [0.717, 1.165) is 17.7 Å². The lowest BCUT2D eigenvalue weighted by Gasteiger charge is -2.19. The van der Waals surface area contributed by atoms with Gasteiger partial charge in [-0.15, -0.1) is 0 Å². The van der Waals surface area contributed by atoms with Crippen LogP contribution in [-0.2, 0) is 14.3 Å². The molecule has 0 saturated heterocycles. The number of esters is 1. The van der Waals surface area contributed by atoms with Crippen molar-refractivity contribution in [3.05, 3.63) is 59.0 Å². The lowest BCUT2D eigenvalue weighted by Crippen LogP contribution is -2.31. The van der Waals surface area contributed by atoms with Gasteiger partial charge in [0.1, 0.15) is 11.8 Å². The Balaban J connectivity index is 1.51.